The average molecular weight is 306 g/mol. The van der Waals surface area contributed by atoms with Crippen molar-refractivity contribution in [1.29, 1.82) is 0 Å². The van der Waals surface area contributed by atoms with Gasteiger partial charge in [-0.1, -0.05) is 5.16 Å². The monoisotopic (exact) mass is 306 g/mol. The SMILES string of the molecule is Cc1csc([C@H]2CN(Cc3noc(C4CC4)n3)CCO2)n1. The second-order valence-corrected chi connectivity index (χ2v) is 6.63. The third kappa shape index (κ3) is 3.00. The van der Waals surface area contributed by atoms with Crippen molar-refractivity contribution in [2.45, 2.75) is 38.3 Å². The zero-order valence-corrected chi connectivity index (χ0v) is 12.8. The van der Waals surface area contributed by atoms with Gasteiger partial charge in [0, 0.05) is 30.1 Å². The fraction of sp³-hybridized carbons (Fsp3) is 0.643. The molecule has 112 valence electrons. The van der Waals surface area contributed by atoms with Crippen LogP contribution in [0.15, 0.2) is 9.90 Å². The van der Waals surface area contributed by atoms with Crippen molar-refractivity contribution in [2.24, 2.45) is 0 Å². The highest BCUT2D eigenvalue weighted by Gasteiger charge is 2.30. The molecule has 2 aromatic heterocycles. The minimum atomic E-state index is 0.0623. The molecule has 21 heavy (non-hydrogen) atoms. The molecule has 0 aromatic carbocycles. The molecule has 3 heterocycles. The lowest BCUT2D eigenvalue weighted by atomic mass is 10.2. The molecule has 0 amide bonds. The molecule has 6 nitrogen and oxygen atoms in total. The predicted molar refractivity (Wildman–Crippen MR) is 77.1 cm³/mol. The van der Waals surface area contributed by atoms with Gasteiger partial charge in [0.2, 0.25) is 5.89 Å². The van der Waals surface area contributed by atoms with E-state index in [-0.39, 0.29) is 6.10 Å². The van der Waals surface area contributed by atoms with E-state index >= 15 is 0 Å². The van der Waals surface area contributed by atoms with E-state index in [1.165, 1.54) is 12.8 Å². The first kappa shape index (κ1) is 13.4. The number of hydrogen-bond donors (Lipinski definition) is 0. The molecule has 0 N–H and O–H groups in total. The first-order valence-corrected chi connectivity index (χ1v) is 8.24. The number of ether oxygens (including phenoxy) is 1. The summed E-state index contributed by atoms with van der Waals surface area (Å²) in [6, 6.07) is 0. The van der Waals surface area contributed by atoms with Crippen LogP contribution in [0.1, 0.15) is 47.3 Å². The van der Waals surface area contributed by atoms with Crippen LogP contribution >= 0.6 is 11.3 Å². The number of hydrogen-bond acceptors (Lipinski definition) is 7. The number of morpholine rings is 1. The summed E-state index contributed by atoms with van der Waals surface area (Å²) in [5.41, 5.74) is 1.06. The van der Waals surface area contributed by atoms with Crippen LogP contribution in [0, 0.1) is 6.92 Å². The lowest BCUT2D eigenvalue weighted by Gasteiger charge is -2.30. The Morgan fingerprint density at radius 1 is 1.38 bits per heavy atom. The van der Waals surface area contributed by atoms with Gasteiger partial charge in [-0.2, -0.15) is 4.98 Å². The molecular formula is C14H18N4O2S. The Morgan fingerprint density at radius 2 is 2.29 bits per heavy atom. The molecule has 7 heteroatoms. The predicted octanol–water partition coefficient (Wildman–Crippen LogP) is 2.29. The summed E-state index contributed by atoms with van der Waals surface area (Å²) in [6.07, 6.45) is 2.43. The summed E-state index contributed by atoms with van der Waals surface area (Å²) < 4.78 is 11.2. The number of thiazole rings is 1. The van der Waals surface area contributed by atoms with Crippen LogP contribution < -0.4 is 0 Å². The molecule has 4 rings (SSSR count). The van der Waals surface area contributed by atoms with Crippen molar-refractivity contribution < 1.29 is 9.26 Å². The molecule has 1 aliphatic carbocycles. The molecular weight excluding hydrogens is 288 g/mol. The van der Waals surface area contributed by atoms with Gasteiger partial charge in [-0.25, -0.2) is 4.98 Å². The number of aromatic nitrogens is 3. The number of nitrogens with zero attached hydrogens (tertiary/aromatic N) is 4. The van der Waals surface area contributed by atoms with Gasteiger partial charge in [0.25, 0.3) is 0 Å². The topological polar surface area (TPSA) is 64.3 Å². The molecule has 0 spiro atoms. The van der Waals surface area contributed by atoms with Crippen LogP contribution in [0.4, 0.5) is 0 Å². The average Bonchev–Trinajstić information content (AvgIpc) is 3.09. The fourth-order valence-electron chi connectivity index (χ4n) is 2.54. The number of aryl methyl sites for hydroxylation is 1. The Hall–Kier alpha value is -1.31. The third-order valence-corrected chi connectivity index (χ3v) is 4.89. The van der Waals surface area contributed by atoms with E-state index in [9.17, 15) is 0 Å². The van der Waals surface area contributed by atoms with Crippen LogP contribution in [0.3, 0.4) is 0 Å². The van der Waals surface area contributed by atoms with E-state index < -0.39 is 0 Å². The van der Waals surface area contributed by atoms with Crippen molar-refractivity contribution in [3.8, 4) is 0 Å². The molecule has 2 fully saturated rings. The maximum atomic E-state index is 5.84. The Kier molecular flexibility index (Phi) is 3.48. The summed E-state index contributed by atoms with van der Waals surface area (Å²) in [7, 11) is 0. The van der Waals surface area contributed by atoms with Crippen molar-refractivity contribution in [2.75, 3.05) is 19.7 Å². The summed E-state index contributed by atoms with van der Waals surface area (Å²) in [6.45, 7) is 5.19. The first-order chi connectivity index (χ1) is 10.3. The summed E-state index contributed by atoms with van der Waals surface area (Å²) in [4.78, 5) is 11.3. The first-order valence-electron chi connectivity index (χ1n) is 7.36. The molecule has 1 atom stereocenters. The maximum Gasteiger partial charge on any atom is 0.229 e. The Labute approximate surface area is 127 Å². The van der Waals surface area contributed by atoms with Crippen LogP contribution in [-0.2, 0) is 11.3 Å². The Morgan fingerprint density at radius 3 is 3.05 bits per heavy atom. The van der Waals surface area contributed by atoms with E-state index in [0.29, 0.717) is 5.92 Å². The number of rotatable bonds is 4. The van der Waals surface area contributed by atoms with Gasteiger partial charge in [0.05, 0.1) is 13.2 Å². The molecule has 0 unspecified atom stereocenters. The zero-order valence-electron chi connectivity index (χ0n) is 12.0. The molecule has 1 aliphatic heterocycles. The van der Waals surface area contributed by atoms with Crippen molar-refractivity contribution in [3.63, 3.8) is 0 Å². The van der Waals surface area contributed by atoms with Crippen molar-refractivity contribution in [3.05, 3.63) is 27.8 Å². The van der Waals surface area contributed by atoms with Gasteiger partial charge >= 0.3 is 0 Å². The largest absolute Gasteiger partial charge is 0.368 e. The highest BCUT2D eigenvalue weighted by Crippen LogP contribution is 2.38. The molecule has 1 saturated carbocycles. The van der Waals surface area contributed by atoms with Gasteiger partial charge in [-0.05, 0) is 19.8 Å². The van der Waals surface area contributed by atoms with E-state index in [0.717, 1.165) is 48.7 Å². The highest BCUT2D eigenvalue weighted by molar-refractivity contribution is 7.09. The van der Waals surface area contributed by atoms with Crippen molar-refractivity contribution >= 4 is 11.3 Å². The normalized spacial score (nSPS) is 23.6. The summed E-state index contributed by atoms with van der Waals surface area (Å²) >= 11 is 1.67. The van der Waals surface area contributed by atoms with E-state index in [2.05, 4.69) is 25.4 Å². The van der Waals surface area contributed by atoms with Crippen LogP contribution in [-0.4, -0.2) is 39.7 Å². The summed E-state index contributed by atoms with van der Waals surface area (Å²) in [5, 5.41) is 7.22. The molecule has 0 radical (unpaired) electrons. The van der Waals surface area contributed by atoms with Crippen molar-refractivity contribution in [1.82, 2.24) is 20.0 Å². The van der Waals surface area contributed by atoms with Gasteiger partial charge in [0.1, 0.15) is 11.1 Å². The fourth-order valence-corrected chi connectivity index (χ4v) is 3.38. The quantitative estimate of drug-likeness (QED) is 0.863. The standard InChI is InChI=1S/C14H18N4O2S/c1-9-8-21-14(15-9)11-6-18(4-5-19-11)7-12-16-13(20-17-12)10-2-3-10/h8,10-11H,2-7H2,1H3/t11-/m1/s1. The van der Waals surface area contributed by atoms with E-state index in [4.69, 9.17) is 9.26 Å². The molecule has 0 bridgehead atoms. The second-order valence-electron chi connectivity index (χ2n) is 5.74. The van der Waals surface area contributed by atoms with Gasteiger partial charge in [-0.3, -0.25) is 4.90 Å². The van der Waals surface area contributed by atoms with E-state index in [1.54, 1.807) is 11.3 Å². The molecule has 2 aliphatic rings. The zero-order chi connectivity index (χ0) is 14.2. The minimum absolute atomic E-state index is 0.0623. The van der Waals surface area contributed by atoms with Gasteiger partial charge in [-0.15, -0.1) is 11.3 Å². The Bertz CT molecular complexity index is 622. The lowest BCUT2D eigenvalue weighted by molar-refractivity contribution is -0.0339. The van der Waals surface area contributed by atoms with Crippen LogP contribution in [0.2, 0.25) is 0 Å². The Balaban J connectivity index is 1.40. The minimum Gasteiger partial charge on any atom is -0.368 e. The van der Waals surface area contributed by atoms with Crippen LogP contribution in [0.5, 0.6) is 0 Å². The lowest BCUT2D eigenvalue weighted by Crippen LogP contribution is -2.38. The third-order valence-electron chi connectivity index (χ3n) is 3.84. The molecule has 2 aromatic rings. The summed E-state index contributed by atoms with van der Waals surface area (Å²) in [5.74, 6) is 2.11. The van der Waals surface area contributed by atoms with Crippen LogP contribution in [0.25, 0.3) is 0 Å². The van der Waals surface area contributed by atoms with Gasteiger partial charge in [0.15, 0.2) is 5.82 Å². The van der Waals surface area contributed by atoms with E-state index in [1.807, 2.05) is 6.92 Å². The highest BCUT2D eigenvalue weighted by atomic mass is 32.1. The maximum absolute atomic E-state index is 5.84. The second kappa shape index (κ2) is 5.47. The smallest absolute Gasteiger partial charge is 0.229 e. The molecule has 1 saturated heterocycles. The van der Waals surface area contributed by atoms with Gasteiger partial charge < -0.3 is 9.26 Å².